The first-order chi connectivity index (χ1) is 7.33. The first-order valence-corrected chi connectivity index (χ1v) is 4.85. The molecule has 3 aromatic rings. The summed E-state index contributed by atoms with van der Waals surface area (Å²) in [5.74, 6) is 0.793. The van der Waals surface area contributed by atoms with Crippen molar-refractivity contribution in [2.45, 2.75) is 0 Å². The number of aromatic amines is 2. The quantitative estimate of drug-likeness (QED) is 0.660. The number of imidazole rings is 1. The zero-order chi connectivity index (χ0) is 10.3. The van der Waals surface area contributed by atoms with Crippen LogP contribution >= 0.6 is 11.6 Å². The maximum absolute atomic E-state index is 5.89. The molecule has 0 aliphatic heterocycles. The molecule has 4 nitrogen and oxygen atoms in total. The number of halogens is 1. The van der Waals surface area contributed by atoms with Gasteiger partial charge in [0, 0.05) is 11.2 Å². The summed E-state index contributed by atoms with van der Waals surface area (Å²) in [6, 6.07) is 5.56. The molecule has 0 bridgehead atoms. The third-order valence-electron chi connectivity index (χ3n) is 2.22. The predicted molar refractivity (Wildman–Crippen MR) is 58.7 cm³/mol. The Morgan fingerprint density at radius 1 is 1.27 bits per heavy atom. The van der Waals surface area contributed by atoms with Gasteiger partial charge in [0.2, 0.25) is 0 Å². The number of hydrogen-bond acceptors (Lipinski definition) is 2. The van der Waals surface area contributed by atoms with E-state index in [0.717, 1.165) is 22.4 Å². The number of nitrogens with one attached hydrogen (secondary N) is 2. The number of benzene rings is 1. The molecule has 1 aromatic carbocycles. The first kappa shape index (κ1) is 8.49. The third-order valence-corrected chi connectivity index (χ3v) is 2.45. The second-order valence-corrected chi connectivity index (χ2v) is 3.67. The van der Waals surface area contributed by atoms with Crippen molar-refractivity contribution in [2.24, 2.45) is 0 Å². The lowest BCUT2D eigenvalue weighted by molar-refractivity contribution is 1.09. The molecular weight excluding hydrogens is 212 g/mol. The molecule has 0 aliphatic rings. The van der Waals surface area contributed by atoms with E-state index in [4.69, 9.17) is 11.6 Å². The molecule has 0 amide bonds. The lowest BCUT2D eigenvalue weighted by atomic mass is 10.3. The average Bonchev–Trinajstić information content (AvgIpc) is 2.84. The van der Waals surface area contributed by atoms with Gasteiger partial charge in [0.05, 0.1) is 22.8 Å². The fourth-order valence-corrected chi connectivity index (χ4v) is 1.67. The molecule has 2 aromatic heterocycles. The van der Waals surface area contributed by atoms with Crippen molar-refractivity contribution in [3.05, 3.63) is 35.6 Å². The Balaban J connectivity index is 2.22. The lowest BCUT2D eigenvalue weighted by Crippen LogP contribution is -1.74. The van der Waals surface area contributed by atoms with Crippen LogP contribution in [0, 0.1) is 0 Å². The van der Waals surface area contributed by atoms with Crippen LogP contribution in [-0.2, 0) is 0 Å². The molecule has 15 heavy (non-hydrogen) atoms. The van der Waals surface area contributed by atoms with Gasteiger partial charge in [0.15, 0.2) is 0 Å². The standard InChI is InChI=1S/C10H7ClN4/c11-7-1-2-8-9(3-7)15-10(14-8)6-4-12-13-5-6/h1-5H,(H,12,13)(H,14,15). The van der Waals surface area contributed by atoms with E-state index in [0.29, 0.717) is 5.02 Å². The zero-order valence-corrected chi connectivity index (χ0v) is 8.42. The highest BCUT2D eigenvalue weighted by Crippen LogP contribution is 2.21. The molecule has 0 aliphatic carbocycles. The lowest BCUT2D eigenvalue weighted by Gasteiger charge is -1.87. The predicted octanol–water partition coefficient (Wildman–Crippen LogP) is 2.61. The van der Waals surface area contributed by atoms with Crippen molar-refractivity contribution >= 4 is 22.6 Å². The molecule has 0 unspecified atom stereocenters. The normalized spacial score (nSPS) is 11.0. The summed E-state index contributed by atoms with van der Waals surface area (Å²) in [5, 5.41) is 7.32. The fourth-order valence-electron chi connectivity index (χ4n) is 1.50. The van der Waals surface area contributed by atoms with Crippen LogP contribution in [0.1, 0.15) is 0 Å². The molecule has 0 saturated heterocycles. The second kappa shape index (κ2) is 3.10. The van der Waals surface area contributed by atoms with E-state index in [2.05, 4.69) is 20.2 Å². The minimum absolute atomic E-state index is 0.699. The first-order valence-electron chi connectivity index (χ1n) is 4.47. The Labute approximate surface area is 90.3 Å². The van der Waals surface area contributed by atoms with E-state index in [9.17, 15) is 0 Å². The van der Waals surface area contributed by atoms with Crippen molar-refractivity contribution in [1.82, 2.24) is 20.2 Å². The molecule has 3 rings (SSSR count). The number of H-pyrrole nitrogens is 2. The van der Waals surface area contributed by atoms with E-state index < -0.39 is 0 Å². The van der Waals surface area contributed by atoms with Crippen molar-refractivity contribution < 1.29 is 0 Å². The largest absolute Gasteiger partial charge is 0.338 e. The number of rotatable bonds is 1. The van der Waals surface area contributed by atoms with E-state index in [1.165, 1.54) is 0 Å². The highest BCUT2D eigenvalue weighted by Gasteiger charge is 2.05. The van der Waals surface area contributed by atoms with Gasteiger partial charge in [-0.3, -0.25) is 5.10 Å². The number of fused-ring (bicyclic) bond motifs is 1. The van der Waals surface area contributed by atoms with Gasteiger partial charge in [0.25, 0.3) is 0 Å². The SMILES string of the molecule is Clc1ccc2nc(-c3cn[nH]c3)[nH]c2c1. The number of hydrogen-bond donors (Lipinski definition) is 2. The Kier molecular flexibility index (Phi) is 1.76. The molecule has 0 fully saturated rings. The maximum atomic E-state index is 5.89. The summed E-state index contributed by atoms with van der Waals surface area (Å²) >= 11 is 5.89. The number of aromatic nitrogens is 4. The molecule has 0 spiro atoms. The smallest absolute Gasteiger partial charge is 0.141 e. The van der Waals surface area contributed by atoms with Gasteiger partial charge >= 0.3 is 0 Å². The fraction of sp³-hybridized carbons (Fsp3) is 0. The van der Waals surface area contributed by atoms with E-state index in [-0.39, 0.29) is 0 Å². The summed E-state index contributed by atoms with van der Waals surface area (Å²) in [6.07, 6.45) is 3.51. The summed E-state index contributed by atoms with van der Waals surface area (Å²) < 4.78 is 0. The van der Waals surface area contributed by atoms with Crippen LogP contribution in [0.15, 0.2) is 30.6 Å². The van der Waals surface area contributed by atoms with Crippen LogP contribution in [0.25, 0.3) is 22.4 Å². The van der Waals surface area contributed by atoms with Gasteiger partial charge in [-0.1, -0.05) is 11.6 Å². The topological polar surface area (TPSA) is 57.4 Å². The summed E-state index contributed by atoms with van der Waals surface area (Å²) in [4.78, 5) is 7.61. The molecule has 0 saturated carbocycles. The minimum Gasteiger partial charge on any atom is -0.338 e. The summed E-state index contributed by atoms with van der Waals surface area (Å²) in [7, 11) is 0. The van der Waals surface area contributed by atoms with Crippen LogP contribution in [0.3, 0.4) is 0 Å². The van der Waals surface area contributed by atoms with Crippen molar-refractivity contribution in [2.75, 3.05) is 0 Å². The van der Waals surface area contributed by atoms with Crippen LogP contribution in [-0.4, -0.2) is 20.2 Å². The van der Waals surface area contributed by atoms with Crippen LogP contribution < -0.4 is 0 Å². The number of nitrogens with zero attached hydrogens (tertiary/aromatic N) is 2. The summed E-state index contributed by atoms with van der Waals surface area (Å²) in [5.41, 5.74) is 2.76. The van der Waals surface area contributed by atoms with Gasteiger partial charge in [-0.15, -0.1) is 0 Å². The molecule has 2 N–H and O–H groups in total. The van der Waals surface area contributed by atoms with Crippen LogP contribution in [0.5, 0.6) is 0 Å². The van der Waals surface area contributed by atoms with E-state index >= 15 is 0 Å². The van der Waals surface area contributed by atoms with Crippen molar-refractivity contribution in [3.63, 3.8) is 0 Å². The van der Waals surface area contributed by atoms with Gasteiger partial charge in [0.1, 0.15) is 5.82 Å². The third kappa shape index (κ3) is 1.39. The monoisotopic (exact) mass is 218 g/mol. The summed E-state index contributed by atoms with van der Waals surface area (Å²) in [6.45, 7) is 0. The van der Waals surface area contributed by atoms with Gasteiger partial charge in [-0.05, 0) is 18.2 Å². The second-order valence-electron chi connectivity index (χ2n) is 3.23. The molecule has 0 atom stereocenters. The zero-order valence-electron chi connectivity index (χ0n) is 7.66. The molecule has 0 radical (unpaired) electrons. The van der Waals surface area contributed by atoms with Crippen molar-refractivity contribution in [3.8, 4) is 11.4 Å². The van der Waals surface area contributed by atoms with Crippen LogP contribution in [0.2, 0.25) is 5.02 Å². The molecule has 2 heterocycles. The van der Waals surface area contributed by atoms with Gasteiger partial charge < -0.3 is 4.98 Å². The highest BCUT2D eigenvalue weighted by atomic mass is 35.5. The average molecular weight is 219 g/mol. The Morgan fingerprint density at radius 3 is 3.00 bits per heavy atom. The molecular formula is C10H7ClN4. The van der Waals surface area contributed by atoms with E-state index in [1.807, 2.05) is 18.2 Å². The Morgan fingerprint density at radius 2 is 2.20 bits per heavy atom. The molecule has 74 valence electrons. The Hall–Kier alpha value is -1.81. The minimum atomic E-state index is 0.699. The van der Waals surface area contributed by atoms with Gasteiger partial charge in [-0.25, -0.2) is 4.98 Å². The highest BCUT2D eigenvalue weighted by molar-refractivity contribution is 6.31. The Bertz CT molecular complexity index is 597. The maximum Gasteiger partial charge on any atom is 0.141 e. The van der Waals surface area contributed by atoms with E-state index in [1.54, 1.807) is 12.4 Å². The molecule has 5 heteroatoms. The van der Waals surface area contributed by atoms with Crippen molar-refractivity contribution in [1.29, 1.82) is 0 Å². The van der Waals surface area contributed by atoms with Gasteiger partial charge in [-0.2, -0.15) is 5.10 Å². The van der Waals surface area contributed by atoms with Crippen LogP contribution in [0.4, 0.5) is 0 Å².